The van der Waals surface area contributed by atoms with E-state index in [-0.39, 0.29) is 6.15 Å². The molecule has 10 heavy (non-hydrogen) atoms. The molecule has 0 aliphatic heterocycles. The van der Waals surface area contributed by atoms with Gasteiger partial charge in [0.15, 0.2) is 0 Å². The zero-order chi connectivity index (χ0) is 7.71. The molecule has 0 atom stereocenters. The fraction of sp³-hybridized carbons (Fsp3) is 0. The van der Waals surface area contributed by atoms with Gasteiger partial charge in [0.2, 0.25) is 0 Å². The van der Waals surface area contributed by atoms with Crippen LogP contribution in [0.15, 0.2) is 0 Å². The minimum Gasteiger partial charge on any atom is -0.344 e. The van der Waals surface area contributed by atoms with Crippen molar-refractivity contribution in [2.45, 2.75) is 0 Å². The van der Waals surface area contributed by atoms with Crippen LogP contribution < -0.4 is 6.15 Å². The summed E-state index contributed by atoms with van der Waals surface area (Å²) in [6.45, 7) is 0. The molecule has 0 radical (unpaired) electrons. The normalized spacial score (nSPS) is 12.3. The summed E-state index contributed by atoms with van der Waals surface area (Å²) in [6.07, 6.45) is 0. The van der Waals surface area contributed by atoms with Gasteiger partial charge in [-0.05, 0) is 0 Å². The molecule has 0 aliphatic rings. The Morgan fingerprint density at radius 1 is 1.30 bits per heavy atom. The summed E-state index contributed by atoms with van der Waals surface area (Å²) in [5.74, 6) is 0. The van der Waals surface area contributed by atoms with Crippen molar-refractivity contribution in [3.05, 3.63) is 0 Å². The first-order valence-corrected chi connectivity index (χ1v) is 4.34. The van der Waals surface area contributed by atoms with Gasteiger partial charge in [0.25, 0.3) is 0 Å². The minimum absolute atomic E-state index is 0. The molecule has 0 unspecified atom stereocenters. The Balaban J connectivity index is 0. The molecule has 8 nitrogen and oxygen atoms in total. The average molecular weight is 195 g/mol. The first-order chi connectivity index (χ1) is 3.71. The van der Waals surface area contributed by atoms with Crippen LogP contribution in [0.3, 0.4) is 0 Å². The topological polar surface area (TPSA) is 156 Å². The van der Waals surface area contributed by atoms with Crippen molar-refractivity contribution < 1.29 is 31.3 Å². The number of hydrogen-bond donors (Lipinski definition) is 4. The van der Waals surface area contributed by atoms with E-state index in [0.717, 1.165) is 0 Å². The van der Waals surface area contributed by atoms with Gasteiger partial charge in [-0.1, -0.05) is 0 Å². The molecule has 0 aromatic heterocycles. The van der Waals surface area contributed by atoms with Gasteiger partial charge in [-0.25, -0.2) is 4.57 Å². The summed E-state index contributed by atoms with van der Waals surface area (Å²) in [7, 11) is -10.2. The first kappa shape index (κ1) is 12.6. The van der Waals surface area contributed by atoms with Gasteiger partial charge in [-0.15, -0.1) is 3.97 Å². The van der Waals surface area contributed by atoms with Crippen molar-refractivity contribution in [2.75, 3.05) is 0 Å². The average Bonchev–Trinajstić information content (AvgIpc) is 1.14. The van der Waals surface area contributed by atoms with Crippen LogP contribution in [0.1, 0.15) is 0 Å². The molecule has 0 bridgehead atoms. The van der Waals surface area contributed by atoms with E-state index in [1.165, 1.54) is 0 Å². The van der Waals surface area contributed by atoms with Gasteiger partial charge in [-0.2, -0.15) is 8.42 Å². The Morgan fingerprint density at radius 3 is 1.60 bits per heavy atom. The van der Waals surface area contributed by atoms with Gasteiger partial charge in [0, 0.05) is 0 Å². The molecule has 0 saturated carbocycles. The third-order valence-electron chi connectivity index (χ3n) is 0.191. The summed E-state index contributed by atoms with van der Waals surface area (Å²) in [5, 5.41) is 0. The molecular formula is H6NO7PS. The van der Waals surface area contributed by atoms with E-state index >= 15 is 0 Å². The lowest BCUT2D eigenvalue weighted by Gasteiger charge is -1.97. The van der Waals surface area contributed by atoms with Crippen LogP contribution in [0.4, 0.5) is 0 Å². The third kappa shape index (κ3) is 10.9. The predicted octanol–water partition coefficient (Wildman–Crippen LogP) is -0.940. The van der Waals surface area contributed by atoms with Crippen LogP contribution in [0.2, 0.25) is 0 Å². The summed E-state index contributed by atoms with van der Waals surface area (Å²) >= 11 is 0. The second-order valence-electron chi connectivity index (χ2n) is 0.993. The summed E-state index contributed by atoms with van der Waals surface area (Å²) in [4.78, 5) is 15.4. The Kier molecular flexibility index (Phi) is 4.29. The second kappa shape index (κ2) is 3.39. The molecule has 0 rings (SSSR count). The highest BCUT2D eigenvalue weighted by atomic mass is 32.3. The highest BCUT2D eigenvalue weighted by Crippen LogP contribution is 2.37. The number of phosphoric acid groups is 1. The molecule has 0 aromatic carbocycles. The van der Waals surface area contributed by atoms with Crippen LogP contribution in [-0.2, 0) is 18.9 Å². The Bertz CT molecular complexity index is 220. The van der Waals surface area contributed by atoms with E-state index in [2.05, 4.69) is 3.97 Å². The molecule has 0 fully saturated rings. The van der Waals surface area contributed by atoms with Crippen LogP contribution in [0.25, 0.3) is 0 Å². The molecule has 10 heteroatoms. The fourth-order valence-electron chi connectivity index (χ4n) is 0.123. The van der Waals surface area contributed by atoms with E-state index in [4.69, 9.17) is 14.3 Å². The number of hydrogen-bond acceptors (Lipinski definition) is 5. The molecule has 0 saturated heterocycles. The van der Waals surface area contributed by atoms with Crippen LogP contribution in [0, 0.1) is 0 Å². The predicted molar refractivity (Wildman–Crippen MR) is 29.7 cm³/mol. The quantitative estimate of drug-likeness (QED) is 0.324. The van der Waals surface area contributed by atoms with E-state index in [1.807, 2.05) is 0 Å². The summed E-state index contributed by atoms with van der Waals surface area (Å²) in [5.41, 5.74) is 0. The fourth-order valence-corrected chi connectivity index (χ4v) is 1.10. The molecule has 0 aliphatic carbocycles. The zero-order valence-electron chi connectivity index (χ0n) is 4.54. The zero-order valence-corrected chi connectivity index (χ0v) is 6.25. The lowest BCUT2D eigenvalue weighted by atomic mass is 14.0. The maximum atomic E-state index is 9.58. The molecule has 64 valence electrons. The van der Waals surface area contributed by atoms with E-state index in [9.17, 15) is 13.0 Å². The van der Waals surface area contributed by atoms with E-state index < -0.39 is 18.2 Å². The largest absolute Gasteiger partial charge is 0.486 e. The summed E-state index contributed by atoms with van der Waals surface area (Å²) < 4.78 is 39.0. The maximum Gasteiger partial charge on any atom is 0.486 e. The Labute approximate surface area is 56.6 Å². The first-order valence-electron chi connectivity index (χ1n) is 1.45. The second-order valence-corrected chi connectivity index (χ2v) is 3.43. The monoisotopic (exact) mass is 195 g/mol. The molecule has 0 spiro atoms. The van der Waals surface area contributed by atoms with Crippen molar-refractivity contribution in [2.24, 2.45) is 0 Å². The third-order valence-corrected chi connectivity index (χ3v) is 1.72. The van der Waals surface area contributed by atoms with Gasteiger partial charge in [0.05, 0.1) is 0 Å². The van der Waals surface area contributed by atoms with Gasteiger partial charge < -0.3 is 15.9 Å². The van der Waals surface area contributed by atoms with Crippen molar-refractivity contribution >= 4 is 18.2 Å². The van der Waals surface area contributed by atoms with Crippen LogP contribution >= 0.6 is 7.82 Å². The summed E-state index contributed by atoms with van der Waals surface area (Å²) in [6, 6.07) is 0. The van der Waals surface area contributed by atoms with Crippen LogP contribution in [0.5, 0.6) is 0 Å². The van der Waals surface area contributed by atoms with Gasteiger partial charge >= 0.3 is 18.2 Å². The van der Waals surface area contributed by atoms with Gasteiger partial charge in [0.1, 0.15) is 0 Å². The molecule has 0 heterocycles. The Hall–Kier alpha value is -0.0200. The molecule has 6 N–H and O–H groups in total. The van der Waals surface area contributed by atoms with E-state index in [1.54, 1.807) is 0 Å². The maximum absolute atomic E-state index is 9.58. The lowest BCUT2D eigenvalue weighted by molar-refractivity contribution is 0.268. The number of rotatable bonds is 2. The van der Waals surface area contributed by atoms with Crippen molar-refractivity contribution in [1.29, 1.82) is 0 Å². The SMILES string of the molecule is N.O=P(O)(O)OS(=O)(=O)O. The van der Waals surface area contributed by atoms with Crippen molar-refractivity contribution in [1.82, 2.24) is 6.15 Å². The molecular weight excluding hydrogens is 189 g/mol. The minimum atomic E-state index is -5.13. The van der Waals surface area contributed by atoms with Gasteiger partial charge in [-0.3, -0.25) is 4.55 Å². The highest BCUT2D eigenvalue weighted by molar-refractivity contribution is 7.85. The van der Waals surface area contributed by atoms with Crippen molar-refractivity contribution in [3.63, 3.8) is 0 Å². The highest BCUT2D eigenvalue weighted by Gasteiger charge is 2.22. The molecule has 0 aromatic rings. The molecule has 0 amide bonds. The van der Waals surface area contributed by atoms with E-state index in [0.29, 0.717) is 0 Å². The smallest absolute Gasteiger partial charge is 0.344 e. The Morgan fingerprint density at radius 2 is 1.60 bits per heavy atom. The van der Waals surface area contributed by atoms with Crippen molar-refractivity contribution in [3.8, 4) is 0 Å². The van der Waals surface area contributed by atoms with Crippen LogP contribution in [-0.4, -0.2) is 22.8 Å². The lowest BCUT2D eigenvalue weighted by Crippen LogP contribution is -2.00. The standard InChI is InChI=1S/H3N.H3O7PS/c;1-8(2,3)7-9(4,5)6/h1H3;(H2,1,2,3)(H,4,5,6).